The Morgan fingerprint density at radius 3 is 1.60 bits per heavy atom. The number of nitriles is 2. The van der Waals surface area contributed by atoms with Gasteiger partial charge in [-0.15, -0.1) is 22.7 Å². The van der Waals surface area contributed by atoms with Crippen LogP contribution in [0.1, 0.15) is 9.75 Å². The lowest BCUT2D eigenvalue weighted by Gasteiger charge is -1.99. The second-order valence-corrected chi connectivity index (χ2v) is 5.85. The van der Waals surface area contributed by atoms with Gasteiger partial charge in [0.05, 0.1) is 30.5 Å². The van der Waals surface area contributed by atoms with E-state index < -0.39 is 0 Å². The second kappa shape index (κ2) is 5.05. The molecule has 0 unspecified atom stereocenters. The maximum absolute atomic E-state index is 8.51. The van der Waals surface area contributed by atoms with E-state index in [0.717, 1.165) is 4.01 Å². The van der Waals surface area contributed by atoms with Crippen molar-refractivity contribution in [1.29, 1.82) is 10.5 Å². The molecule has 0 bridgehead atoms. The van der Waals surface area contributed by atoms with E-state index in [1.807, 2.05) is 0 Å². The molecular weight excluding hydrogens is 296 g/mol. The molecule has 0 saturated carbocycles. The summed E-state index contributed by atoms with van der Waals surface area (Å²) in [6.07, 6.45) is 3.20. The Kier molecular flexibility index (Phi) is 3.43. The summed E-state index contributed by atoms with van der Waals surface area (Å²) in [6, 6.07) is 0. The molecule has 8 nitrogen and oxygen atoms in total. The van der Waals surface area contributed by atoms with Crippen molar-refractivity contribution < 1.29 is 0 Å². The maximum atomic E-state index is 8.51. The molecule has 20 heavy (non-hydrogen) atoms. The number of hydrogen-bond donors (Lipinski definition) is 4. The van der Waals surface area contributed by atoms with Gasteiger partial charge in [0.25, 0.3) is 0 Å². The van der Waals surface area contributed by atoms with Crippen molar-refractivity contribution in [1.82, 2.24) is 0 Å². The molecule has 0 fully saturated rings. The van der Waals surface area contributed by atoms with Crippen molar-refractivity contribution in [3.63, 3.8) is 0 Å². The van der Waals surface area contributed by atoms with Gasteiger partial charge in [-0.25, -0.2) is 0 Å². The summed E-state index contributed by atoms with van der Waals surface area (Å²) in [7, 11) is 0. The zero-order chi connectivity index (χ0) is 14.9. The Hall–Kier alpha value is -2.82. The Morgan fingerprint density at radius 1 is 0.900 bits per heavy atom. The van der Waals surface area contributed by atoms with Crippen LogP contribution in [0.25, 0.3) is 9.40 Å². The van der Waals surface area contributed by atoms with Gasteiger partial charge in [-0.1, -0.05) is 0 Å². The minimum absolute atomic E-state index is 0.0398. The fraction of sp³-hybridized carbons (Fsp3) is 0. The van der Waals surface area contributed by atoms with Crippen molar-refractivity contribution >= 4 is 55.1 Å². The largest absolute Gasteiger partial charge is 0.397 e. The number of nitrogens with zero attached hydrogens (tertiary/aromatic N) is 4. The van der Waals surface area contributed by atoms with E-state index in [1.54, 1.807) is 12.4 Å². The van der Waals surface area contributed by atoms with Crippen LogP contribution in [0.15, 0.2) is 9.98 Å². The minimum Gasteiger partial charge on any atom is -0.397 e. The SMILES string of the molecule is N#CN=C(N)c1sc2sc(C(N)=NC#N)c(N)c2c1N. The van der Waals surface area contributed by atoms with Crippen LogP contribution in [-0.4, -0.2) is 11.7 Å². The highest BCUT2D eigenvalue weighted by Crippen LogP contribution is 2.44. The fourth-order valence-corrected chi connectivity index (χ4v) is 4.01. The normalized spacial score (nSPS) is 12.3. The third kappa shape index (κ3) is 1.99. The average molecular weight is 304 g/mol. The van der Waals surface area contributed by atoms with Crippen molar-refractivity contribution in [3.05, 3.63) is 9.75 Å². The van der Waals surface area contributed by atoms with Crippen molar-refractivity contribution in [2.75, 3.05) is 11.5 Å². The van der Waals surface area contributed by atoms with Gasteiger partial charge in [-0.2, -0.15) is 20.5 Å². The maximum Gasteiger partial charge on any atom is 0.207 e. The van der Waals surface area contributed by atoms with E-state index in [2.05, 4.69) is 9.98 Å². The average Bonchev–Trinajstić information content (AvgIpc) is 2.89. The van der Waals surface area contributed by atoms with Crippen LogP contribution in [0.3, 0.4) is 0 Å². The van der Waals surface area contributed by atoms with Crippen LogP contribution in [0.4, 0.5) is 11.4 Å². The summed E-state index contributed by atoms with van der Waals surface area (Å²) < 4.78 is 0.775. The molecule has 0 aliphatic heterocycles. The summed E-state index contributed by atoms with van der Waals surface area (Å²) >= 11 is 2.51. The summed E-state index contributed by atoms with van der Waals surface area (Å²) in [6.45, 7) is 0. The Balaban J connectivity index is 2.68. The highest BCUT2D eigenvalue weighted by Gasteiger charge is 2.21. The lowest BCUT2D eigenvalue weighted by atomic mass is 10.2. The number of anilines is 2. The first-order valence-electron chi connectivity index (χ1n) is 5.06. The summed E-state index contributed by atoms with van der Waals surface area (Å²) in [5, 5.41) is 17.6. The summed E-state index contributed by atoms with van der Waals surface area (Å²) in [4.78, 5) is 7.88. The van der Waals surface area contributed by atoms with E-state index >= 15 is 0 Å². The van der Waals surface area contributed by atoms with Crippen molar-refractivity contribution in [2.24, 2.45) is 21.5 Å². The monoisotopic (exact) mass is 304 g/mol. The van der Waals surface area contributed by atoms with Gasteiger partial charge in [0.2, 0.25) is 12.4 Å². The van der Waals surface area contributed by atoms with Gasteiger partial charge < -0.3 is 22.9 Å². The van der Waals surface area contributed by atoms with Crippen LogP contribution >= 0.6 is 22.7 Å². The number of hydrogen-bond acceptors (Lipinski definition) is 8. The molecule has 0 aliphatic carbocycles. The molecule has 0 spiro atoms. The Bertz CT molecular complexity index is 761. The fourth-order valence-electron chi connectivity index (χ4n) is 1.60. The predicted octanol–water partition coefficient (Wildman–Crippen LogP) is 0.500. The number of amidine groups is 2. The van der Waals surface area contributed by atoms with Crippen LogP contribution in [0.2, 0.25) is 0 Å². The minimum atomic E-state index is 0.0398. The van der Waals surface area contributed by atoms with Crippen LogP contribution < -0.4 is 22.9 Å². The smallest absolute Gasteiger partial charge is 0.207 e. The van der Waals surface area contributed by atoms with Crippen molar-refractivity contribution in [3.8, 4) is 12.4 Å². The molecule has 0 radical (unpaired) electrons. The molecule has 2 aromatic rings. The first-order chi connectivity index (χ1) is 9.51. The molecular formula is C10H8N8S2. The first-order valence-corrected chi connectivity index (χ1v) is 6.70. The molecule has 2 aromatic heterocycles. The number of thiophene rings is 2. The van der Waals surface area contributed by atoms with E-state index in [1.165, 1.54) is 22.7 Å². The third-order valence-electron chi connectivity index (χ3n) is 2.43. The molecule has 0 saturated heterocycles. The standard InChI is InChI=1S/C10H8N8S2/c11-1-17-8(15)6-4(13)3-5(14)7(9(16)18-2-12)20-10(3)19-6/h13-14H2,(H2,15,17)(H2,16,18). The first kappa shape index (κ1) is 13.6. The predicted molar refractivity (Wildman–Crippen MR) is 81.2 cm³/mol. The van der Waals surface area contributed by atoms with Crippen molar-refractivity contribution in [2.45, 2.75) is 0 Å². The Labute approximate surface area is 121 Å². The molecule has 0 atom stereocenters. The van der Waals surface area contributed by atoms with Gasteiger partial charge in [-0.05, 0) is 0 Å². The molecule has 0 aromatic carbocycles. The van der Waals surface area contributed by atoms with E-state index in [4.69, 9.17) is 33.5 Å². The molecule has 10 heteroatoms. The van der Waals surface area contributed by atoms with E-state index in [0.29, 0.717) is 26.5 Å². The molecule has 8 N–H and O–H groups in total. The summed E-state index contributed by atoms with van der Waals surface area (Å²) in [5.41, 5.74) is 23.9. The zero-order valence-electron chi connectivity index (χ0n) is 9.91. The zero-order valence-corrected chi connectivity index (χ0v) is 11.5. The van der Waals surface area contributed by atoms with E-state index in [9.17, 15) is 0 Å². The van der Waals surface area contributed by atoms with Gasteiger partial charge >= 0.3 is 0 Å². The quantitative estimate of drug-likeness (QED) is 0.356. The molecule has 0 amide bonds. The second-order valence-electron chi connectivity index (χ2n) is 3.55. The highest BCUT2D eigenvalue weighted by atomic mass is 32.2. The third-order valence-corrected chi connectivity index (χ3v) is 4.97. The number of fused-ring (bicyclic) bond motifs is 1. The van der Waals surface area contributed by atoms with Crippen LogP contribution in [0.5, 0.6) is 0 Å². The lowest BCUT2D eigenvalue weighted by Crippen LogP contribution is -2.14. The van der Waals surface area contributed by atoms with Crippen LogP contribution in [0, 0.1) is 22.9 Å². The van der Waals surface area contributed by atoms with Crippen LogP contribution in [-0.2, 0) is 0 Å². The van der Waals surface area contributed by atoms with Gasteiger partial charge in [-0.3, -0.25) is 0 Å². The molecule has 0 aliphatic rings. The molecule has 2 rings (SSSR count). The number of nitrogens with two attached hydrogens (primary N) is 4. The lowest BCUT2D eigenvalue weighted by molar-refractivity contribution is 1.42. The van der Waals surface area contributed by atoms with Gasteiger partial charge in [0.1, 0.15) is 0 Å². The summed E-state index contributed by atoms with van der Waals surface area (Å²) in [5.74, 6) is 0.0797. The molecule has 2 heterocycles. The highest BCUT2D eigenvalue weighted by molar-refractivity contribution is 7.40. The van der Waals surface area contributed by atoms with E-state index in [-0.39, 0.29) is 11.7 Å². The van der Waals surface area contributed by atoms with Gasteiger partial charge in [0, 0.05) is 0 Å². The number of nitrogen functional groups attached to an aromatic ring is 2. The van der Waals surface area contributed by atoms with Gasteiger partial charge in [0.15, 0.2) is 11.7 Å². The number of rotatable bonds is 2. The topological polar surface area (TPSA) is 176 Å². The Morgan fingerprint density at radius 2 is 1.30 bits per heavy atom. The molecule has 100 valence electrons. The number of aliphatic imine (C=N–C) groups is 2.